The molecule has 1 amide bonds. The number of hydrogen-bond acceptors (Lipinski definition) is 3. The maximum atomic E-state index is 11.6. The Balaban J connectivity index is 2.41. The number of allylic oxidation sites excluding steroid dienone is 1. The maximum absolute atomic E-state index is 11.6. The van der Waals surface area contributed by atoms with Crippen LogP contribution in [0.2, 0.25) is 0 Å². The number of aliphatic carboxylic acids is 1. The van der Waals surface area contributed by atoms with E-state index in [9.17, 15) is 9.59 Å². The van der Waals surface area contributed by atoms with Gasteiger partial charge < -0.3 is 15.5 Å². The molecule has 0 aromatic heterocycles. The van der Waals surface area contributed by atoms with Crippen LogP contribution in [0.5, 0.6) is 0 Å². The Labute approximate surface area is 101 Å². The second-order valence-corrected chi connectivity index (χ2v) is 4.26. The van der Waals surface area contributed by atoms with Crippen molar-refractivity contribution in [1.82, 2.24) is 5.32 Å². The molecule has 5 nitrogen and oxygen atoms in total. The number of amides is 1. The Morgan fingerprint density at radius 1 is 1.41 bits per heavy atom. The lowest BCUT2D eigenvalue weighted by Gasteiger charge is -2.16. The summed E-state index contributed by atoms with van der Waals surface area (Å²) in [4.78, 5) is 22.4. The summed E-state index contributed by atoms with van der Waals surface area (Å²) in [7, 11) is 0. The average Bonchev–Trinajstić information content (AvgIpc) is 2.29. The molecule has 0 unspecified atom stereocenters. The summed E-state index contributed by atoms with van der Waals surface area (Å²) in [6.45, 7) is -0.250. The number of nitrogens with one attached hydrogen (secondary N) is 1. The minimum atomic E-state index is -1.11. The Hall–Kier alpha value is -1.36. The third-order valence-corrected chi connectivity index (χ3v) is 2.82. The number of aliphatic hydroxyl groups excluding tert-OH is 1. The fourth-order valence-corrected chi connectivity index (χ4v) is 1.90. The van der Waals surface area contributed by atoms with Crippen LogP contribution in [0.4, 0.5) is 0 Å². The monoisotopic (exact) mass is 241 g/mol. The van der Waals surface area contributed by atoms with Crippen LogP contribution in [-0.4, -0.2) is 34.7 Å². The van der Waals surface area contributed by atoms with E-state index in [-0.39, 0.29) is 25.4 Å². The van der Waals surface area contributed by atoms with Crippen LogP contribution in [0.3, 0.4) is 0 Å². The van der Waals surface area contributed by atoms with E-state index in [2.05, 4.69) is 11.4 Å². The second-order valence-electron chi connectivity index (χ2n) is 4.26. The molecule has 0 bridgehead atoms. The second kappa shape index (κ2) is 7.06. The molecule has 1 aliphatic rings. The van der Waals surface area contributed by atoms with E-state index >= 15 is 0 Å². The molecule has 17 heavy (non-hydrogen) atoms. The lowest BCUT2D eigenvalue weighted by atomic mass is 9.97. The molecule has 0 saturated heterocycles. The van der Waals surface area contributed by atoms with Crippen molar-refractivity contribution < 1.29 is 19.8 Å². The van der Waals surface area contributed by atoms with Crippen LogP contribution in [0.1, 0.15) is 38.5 Å². The van der Waals surface area contributed by atoms with Gasteiger partial charge in [-0.05, 0) is 25.7 Å². The predicted molar refractivity (Wildman–Crippen MR) is 62.4 cm³/mol. The third-order valence-electron chi connectivity index (χ3n) is 2.82. The standard InChI is InChI=1S/C12H19NO4/c14-7-6-10(12(16)17)13-11(15)8-9-4-2-1-3-5-9/h4,10,14H,1-3,5-8H2,(H,13,15)(H,16,17)/t10-/m0/s1. The summed E-state index contributed by atoms with van der Waals surface area (Å²) in [5, 5.41) is 19.9. The van der Waals surface area contributed by atoms with E-state index in [0.29, 0.717) is 0 Å². The van der Waals surface area contributed by atoms with Gasteiger partial charge in [-0.15, -0.1) is 0 Å². The SMILES string of the molecule is O=C(CC1=CCCCC1)N[C@@H](CCO)C(=O)O. The van der Waals surface area contributed by atoms with Crippen LogP contribution >= 0.6 is 0 Å². The molecule has 0 saturated carbocycles. The van der Waals surface area contributed by atoms with Crippen molar-refractivity contribution in [2.24, 2.45) is 0 Å². The van der Waals surface area contributed by atoms with Crippen molar-refractivity contribution in [3.05, 3.63) is 11.6 Å². The number of rotatable bonds is 6. The Morgan fingerprint density at radius 2 is 2.18 bits per heavy atom. The number of hydrogen-bond donors (Lipinski definition) is 3. The highest BCUT2D eigenvalue weighted by Gasteiger charge is 2.19. The minimum Gasteiger partial charge on any atom is -0.480 e. The summed E-state index contributed by atoms with van der Waals surface area (Å²) in [6, 6.07) is -0.989. The minimum absolute atomic E-state index is 0.0418. The van der Waals surface area contributed by atoms with Gasteiger partial charge in [0.2, 0.25) is 5.91 Å². The van der Waals surface area contributed by atoms with Gasteiger partial charge in [0.25, 0.3) is 0 Å². The van der Waals surface area contributed by atoms with Crippen molar-refractivity contribution in [2.45, 2.75) is 44.6 Å². The highest BCUT2D eigenvalue weighted by molar-refractivity contribution is 5.84. The number of carboxylic acid groups (broad SMARTS) is 1. The van der Waals surface area contributed by atoms with E-state index < -0.39 is 12.0 Å². The number of carbonyl (C=O) groups excluding carboxylic acids is 1. The Kier molecular flexibility index (Phi) is 5.69. The smallest absolute Gasteiger partial charge is 0.326 e. The summed E-state index contributed by atoms with van der Waals surface area (Å²) >= 11 is 0. The molecule has 1 atom stereocenters. The van der Waals surface area contributed by atoms with E-state index in [0.717, 1.165) is 31.3 Å². The van der Waals surface area contributed by atoms with Crippen molar-refractivity contribution in [2.75, 3.05) is 6.61 Å². The molecule has 0 radical (unpaired) electrons. The lowest BCUT2D eigenvalue weighted by Crippen LogP contribution is -2.41. The molecule has 0 fully saturated rings. The van der Waals surface area contributed by atoms with Crippen molar-refractivity contribution >= 4 is 11.9 Å². The van der Waals surface area contributed by atoms with Gasteiger partial charge in [0.15, 0.2) is 0 Å². The van der Waals surface area contributed by atoms with Crippen LogP contribution in [-0.2, 0) is 9.59 Å². The van der Waals surface area contributed by atoms with Crippen LogP contribution in [0, 0.1) is 0 Å². The molecule has 3 N–H and O–H groups in total. The third kappa shape index (κ3) is 4.99. The number of aliphatic hydroxyl groups is 1. The molecule has 96 valence electrons. The Bertz CT molecular complexity index is 312. The quantitative estimate of drug-likeness (QED) is 0.601. The van der Waals surface area contributed by atoms with Crippen LogP contribution in [0.25, 0.3) is 0 Å². The van der Waals surface area contributed by atoms with Gasteiger partial charge in [-0.3, -0.25) is 4.79 Å². The molecular formula is C12H19NO4. The van der Waals surface area contributed by atoms with Crippen molar-refractivity contribution in [3.63, 3.8) is 0 Å². The highest BCUT2D eigenvalue weighted by Crippen LogP contribution is 2.19. The maximum Gasteiger partial charge on any atom is 0.326 e. The topological polar surface area (TPSA) is 86.6 Å². The zero-order valence-corrected chi connectivity index (χ0v) is 9.82. The molecule has 5 heteroatoms. The number of carbonyl (C=O) groups is 2. The van der Waals surface area contributed by atoms with E-state index in [1.54, 1.807) is 0 Å². The molecule has 1 rings (SSSR count). The summed E-state index contributed by atoms with van der Waals surface area (Å²) in [5.74, 6) is -1.39. The van der Waals surface area contributed by atoms with Gasteiger partial charge >= 0.3 is 5.97 Å². The summed E-state index contributed by atoms with van der Waals surface area (Å²) in [6.07, 6.45) is 6.55. The van der Waals surface area contributed by atoms with Gasteiger partial charge in [-0.2, -0.15) is 0 Å². The van der Waals surface area contributed by atoms with Gasteiger partial charge in [-0.1, -0.05) is 11.6 Å². The van der Waals surface area contributed by atoms with Crippen LogP contribution in [0.15, 0.2) is 11.6 Å². The predicted octanol–water partition coefficient (Wildman–Crippen LogP) is 0.829. The zero-order valence-electron chi connectivity index (χ0n) is 9.82. The largest absolute Gasteiger partial charge is 0.480 e. The van der Waals surface area contributed by atoms with Gasteiger partial charge in [0, 0.05) is 19.4 Å². The average molecular weight is 241 g/mol. The van der Waals surface area contributed by atoms with Crippen molar-refractivity contribution in [1.29, 1.82) is 0 Å². The zero-order chi connectivity index (χ0) is 12.7. The van der Waals surface area contributed by atoms with Gasteiger partial charge in [0.1, 0.15) is 6.04 Å². The van der Waals surface area contributed by atoms with Gasteiger partial charge in [0.05, 0.1) is 0 Å². The first-order chi connectivity index (χ1) is 8.13. The van der Waals surface area contributed by atoms with Crippen LogP contribution < -0.4 is 5.32 Å². The Morgan fingerprint density at radius 3 is 2.71 bits per heavy atom. The van der Waals surface area contributed by atoms with E-state index in [4.69, 9.17) is 10.2 Å². The highest BCUT2D eigenvalue weighted by atomic mass is 16.4. The fourth-order valence-electron chi connectivity index (χ4n) is 1.90. The molecule has 0 aromatic rings. The number of carboxylic acids is 1. The molecule has 0 heterocycles. The molecule has 1 aliphatic carbocycles. The van der Waals surface area contributed by atoms with E-state index in [1.807, 2.05) is 0 Å². The molecular weight excluding hydrogens is 222 g/mol. The first-order valence-corrected chi connectivity index (χ1v) is 5.94. The normalized spacial score (nSPS) is 17.1. The lowest BCUT2D eigenvalue weighted by molar-refractivity contribution is -0.142. The fraction of sp³-hybridized carbons (Fsp3) is 0.667. The first-order valence-electron chi connectivity index (χ1n) is 5.94. The molecule has 0 aliphatic heterocycles. The first kappa shape index (κ1) is 13.7. The summed E-state index contributed by atoms with van der Waals surface area (Å²) < 4.78 is 0. The molecule has 0 aromatic carbocycles. The van der Waals surface area contributed by atoms with Crippen molar-refractivity contribution in [3.8, 4) is 0 Å². The van der Waals surface area contributed by atoms with Gasteiger partial charge in [-0.25, -0.2) is 4.79 Å². The molecule has 0 spiro atoms. The van der Waals surface area contributed by atoms with E-state index in [1.165, 1.54) is 0 Å². The summed E-state index contributed by atoms with van der Waals surface area (Å²) in [5.41, 5.74) is 1.09.